The molecule has 6 unspecified atom stereocenters. The topological polar surface area (TPSA) is 0 Å². The van der Waals surface area contributed by atoms with Crippen molar-refractivity contribution in [2.24, 2.45) is 35.5 Å². The first-order valence-electron chi connectivity index (χ1n) is 19.9. The fourth-order valence-electron chi connectivity index (χ4n) is 10.4. The second-order valence-electron chi connectivity index (χ2n) is 16.0. The van der Waals surface area contributed by atoms with Crippen LogP contribution < -0.4 is 0 Å². The van der Waals surface area contributed by atoms with Gasteiger partial charge in [0.15, 0.2) is 0 Å². The van der Waals surface area contributed by atoms with Crippen LogP contribution in [0, 0.1) is 35.5 Å². The van der Waals surface area contributed by atoms with Gasteiger partial charge >= 0.3 is 0 Å². The van der Waals surface area contributed by atoms with Gasteiger partial charge in [-0.05, 0) is 118 Å². The number of rotatable bonds is 5. The van der Waals surface area contributed by atoms with E-state index in [1.54, 1.807) is 27.9 Å². The Kier molecular flexibility index (Phi) is 8.28. The molecule has 0 bridgehead atoms. The van der Waals surface area contributed by atoms with Gasteiger partial charge in [-0.1, -0.05) is 158 Å². The van der Waals surface area contributed by atoms with E-state index < -0.39 is 0 Å². The molecular formula is C52H48. The van der Waals surface area contributed by atoms with Gasteiger partial charge in [-0.15, -0.1) is 0 Å². The van der Waals surface area contributed by atoms with Crippen molar-refractivity contribution in [3.63, 3.8) is 0 Å². The molecule has 0 aromatic rings. The number of fused-ring (bicyclic) bond motifs is 3. The normalized spacial score (nSPS) is 32.5. The van der Waals surface area contributed by atoms with Gasteiger partial charge in [-0.25, -0.2) is 0 Å². The molecule has 0 radical (unpaired) electrons. The lowest BCUT2D eigenvalue weighted by atomic mass is 9.68. The summed E-state index contributed by atoms with van der Waals surface area (Å²) >= 11 is 0. The zero-order valence-electron chi connectivity index (χ0n) is 30.1. The summed E-state index contributed by atoms with van der Waals surface area (Å²) in [4.78, 5) is 0. The number of allylic oxidation sites excluding steroid dienone is 38. The van der Waals surface area contributed by atoms with Crippen molar-refractivity contribution in [3.8, 4) is 0 Å². The van der Waals surface area contributed by atoms with Crippen molar-refractivity contribution in [1.82, 2.24) is 0 Å². The second-order valence-corrected chi connectivity index (χ2v) is 16.0. The molecule has 0 saturated carbocycles. The summed E-state index contributed by atoms with van der Waals surface area (Å²) in [6.45, 7) is 0. The van der Waals surface area contributed by atoms with Gasteiger partial charge in [0.2, 0.25) is 0 Å². The van der Waals surface area contributed by atoms with Crippen LogP contribution >= 0.6 is 0 Å². The molecule has 0 heterocycles. The average Bonchev–Trinajstić information content (AvgIpc) is 3.22. The quantitative estimate of drug-likeness (QED) is 0.273. The van der Waals surface area contributed by atoms with Crippen LogP contribution in [0.1, 0.15) is 51.4 Å². The summed E-state index contributed by atoms with van der Waals surface area (Å²) < 4.78 is 0. The van der Waals surface area contributed by atoms with Gasteiger partial charge in [0.1, 0.15) is 0 Å². The monoisotopic (exact) mass is 672 g/mol. The molecule has 0 fully saturated rings. The summed E-state index contributed by atoms with van der Waals surface area (Å²) in [5.74, 6) is 2.82. The highest BCUT2D eigenvalue weighted by molar-refractivity contribution is 5.59. The predicted molar refractivity (Wildman–Crippen MR) is 219 cm³/mol. The van der Waals surface area contributed by atoms with E-state index >= 15 is 0 Å². The van der Waals surface area contributed by atoms with Crippen LogP contribution in [0.4, 0.5) is 0 Å². The molecule has 52 heavy (non-hydrogen) atoms. The molecule has 10 aliphatic carbocycles. The largest absolute Gasteiger partial charge is 0.0767 e. The first-order chi connectivity index (χ1) is 25.8. The summed E-state index contributed by atoms with van der Waals surface area (Å²) in [7, 11) is 0. The molecule has 0 saturated heterocycles. The third-order valence-electron chi connectivity index (χ3n) is 13.2. The minimum absolute atomic E-state index is 0.418. The predicted octanol–water partition coefficient (Wildman–Crippen LogP) is 13.0. The molecule has 10 aliphatic rings. The number of hydrogen-bond donors (Lipinski definition) is 0. The van der Waals surface area contributed by atoms with Crippen LogP contribution in [0.15, 0.2) is 225 Å². The summed E-state index contributed by atoms with van der Waals surface area (Å²) in [5, 5.41) is 0. The maximum absolute atomic E-state index is 2.59. The van der Waals surface area contributed by atoms with Crippen molar-refractivity contribution in [2.45, 2.75) is 51.4 Å². The van der Waals surface area contributed by atoms with Gasteiger partial charge in [-0.2, -0.15) is 0 Å². The van der Waals surface area contributed by atoms with Gasteiger partial charge in [-0.3, -0.25) is 0 Å². The second kappa shape index (κ2) is 13.6. The van der Waals surface area contributed by atoms with Crippen LogP contribution in [0.5, 0.6) is 0 Å². The van der Waals surface area contributed by atoms with Crippen LogP contribution in [0.3, 0.4) is 0 Å². The summed E-state index contributed by atoms with van der Waals surface area (Å²) in [5.41, 5.74) is 18.5. The van der Waals surface area contributed by atoms with Gasteiger partial charge < -0.3 is 0 Å². The Labute approximate surface area is 310 Å². The van der Waals surface area contributed by atoms with Crippen molar-refractivity contribution < 1.29 is 0 Å². The van der Waals surface area contributed by atoms with E-state index in [0.29, 0.717) is 35.5 Å². The molecule has 256 valence electrons. The summed E-state index contributed by atoms with van der Waals surface area (Å²) in [6.07, 6.45) is 70.7. The van der Waals surface area contributed by atoms with Crippen LogP contribution in [-0.2, 0) is 0 Å². The molecule has 0 nitrogen and oxygen atoms in total. The van der Waals surface area contributed by atoms with E-state index in [2.05, 4.69) is 158 Å². The minimum atomic E-state index is 0.418. The Hall–Kier alpha value is -4.94. The third-order valence-corrected chi connectivity index (χ3v) is 13.2. The zero-order chi connectivity index (χ0) is 34.4. The standard InChI is InChI=1S/C52H48/c1-3-13-45-36(9-1)11-7-17-47(45)38-21-19-35(20-22-38)41-27-28-43-34-44(30-29-42(43)33-41)50-32-31-49(51-15-5-6-16-52(50)51)40-25-23-39(24-26-40)48-18-8-12-37-10-2-4-14-46(37)48/h1-19,21,23,25,31-34,36-37,45-46,51-52H,20,22,24,26-30H2. The molecule has 0 amide bonds. The Morgan fingerprint density at radius 1 is 0.269 bits per heavy atom. The fraction of sp³-hybridized carbons (Fsp3) is 0.269. The van der Waals surface area contributed by atoms with Gasteiger partial charge in [0.05, 0.1) is 0 Å². The highest BCUT2D eigenvalue weighted by Crippen LogP contribution is 2.48. The van der Waals surface area contributed by atoms with Crippen molar-refractivity contribution >= 4 is 0 Å². The maximum atomic E-state index is 2.59. The first-order valence-corrected chi connectivity index (χ1v) is 19.9. The molecule has 0 aliphatic heterocycles. The molecule has 0 N–H and O–H groups in total. The maximum Gasteiger partial charge on any atom is 0.0127 e. The van der Waals surface area contributed by atoms with E-state index in [0.717, 1.165) is 51.4 Å². The van der Waals surface area contributed by atoms with E-state index in [4.69, 9.17) is 0 Å². The van der Waals surface area contributed by atoms with Crippen LogP contribution in [0.25, 0.3) is 0 Å². The molecule has 6 atom stereocenters. The molecular weight excluding hydrogens is 625 g/mol. The summed E-state index contributed by atoms with van der Waals surface area (Å²) in [6, 6.07) is 0. The molecule has 10 rings (SSSR count). The van der Waals surface area contributed by atoms with Gasteiger partial charge in [0, 0.05) is 35.5 Å². The zero-order valence-corrected chi connectivity index (χ0v) is 30.1. The van der Waals surface area contributed by atoms with E-state index in [1.807, 2.05) is 0 Å². The lowest BCUT2D eigenvalue weighted by molar-refractivity contribution is 0.588. The van der Waals surface area contributed by atoms with E-state index in [1.165, 1.54) is 39.0 Å². The van der Waals surface area contributed by atoms with Gasteiger partial charge in [0.25, 0.3) is 0 Å². The van der Waals surface area contributed by atoms with Crippen molar-refractivity contribution in [1.29, 1.82) is 0 Å². The highest BCUT2D eigenvalue weighted by Gasteiger charge is 2.34. The first kappa shape index (κ1) is 31.8. The van der Waals surface area contributed by atoms with E-state index in [9.17, 15) is 0 Å². The molecule has 0 aromatic heterocycles. The Balaban J connectivity index is 0.880. The molecule has 0 spiro atoms. The lowest BCUT2D eigenvalue weighted by Crippen LogP contribution is -2.23. The Morgan fingerprint density at radius 3 is 1.15 bits per heavy atom. The van der Waals surface area contributed by atoms with Crippen LogP contribution in [-0.4, -0.2) is 0 Å². The highest BCUT2D eigenvalue weighted by atomic mass is 14.4. The lowest BCUT2D eigenvalue weighted by Gasteiger charge is -2.36. The molecule has 0 heteroatoms. The van der Waals surface area contributed by atoms with Crippen molar-refractivity contribution in [3.05, 3.63) is 225 Å². The van der Waals surface area contributed by atoms with Crippen molar-refractivity contribution in [2.75, 3.05) is 0 Å². The number of hydrogen-bond acceptors (Lipinski definition) is 0. The smallest absolute Gasteiger partial charge is 0.0127 e. The molecule has 0 aromatic carbocycles. The van der Waals surface area contributed by atoms with E-state index in [-0.39, 0.29) is 0 Å². The SMILES string of the molecule is C1=CC2C=CC=C(C3=CC=C(C4=CC5=C(C=C(C6=CC=C(C7=CC=C(C8=CC=CC9C=CC=CC89)CC7)C7C=CC=CC67)CC5)CC4)CC3)C2C=C1. The third kappa shape index (κ3) is 5.78. The minimum Gasteiger partial charge on any atom is -0.0767 e. The van der Waals surface area contributed by atoms with Crippen LogP contribution in [0.2, 0.25) is 0 Å². The Morgan fingerprint density at radius 2 is 0.635 bits per heavy atom. The fourth-order valence-corrected chi connectivity index (χ4v) is 10.4. The average molecular weight is 673 g/mol. The Bertz CT molecular complexity index is 2190.